The van der Waals surface area contributed by atoms with E-state index in [2.05, 4.69) is 76.4 Å². The van der Waals surface area contributed by atoms with Gasteiger partial charge in [-0.05, 0) is 68.2 Å². The summed E-state index contributed by atoms with van der Waals surface area (Å²) in [7, 11) is 9.78. The fourth-order valence-corrected chi connectivity index (χ4v) is 4.29. The molecule has 4 atom stereocenters. The van der Waals surface area contributed by atoms with Crippen molar-refractivity contribution in [3.05, 3.63) is 68.3 Å². The molecule has 0 aromatic heterocycles. The molecule has 0 spiro atoms. The molecule has 7 heteroatoms. The quantitative estimate of drug-likeness (QED) is 0.317. The average molecular weight is 559 g/mol. The average Bonchev–Trinajstić information content (AvgIpc) is 2.67. The standard InChI is InChI=1S/2C14H22NO.2ClH.Ti/c2*1-9-6-10(2)14(11(3)7-9)15-12(4)8-13(5)16;;;/h2*6-7,12-13,16H,8H2,1-5H3;2*1H;/q2*-1;;;+2/p-2. The summed E-state index contributed by atoms with van der Waals surface area (Å²) < 4.78 is 0. The Morgan fingerprint density at radius 2 is 0.857 bits per heavy atom. The second-order valence-corrected chi connectivity index (χ2v) is 12.3. The van der Waals surface area contributed by atoms with Crippen molar-refractivity contribution < 1.29 is 27.2 Å². The fourth-order valence-electron chi connectivity index (χ4n) is 4.29. The summed E-state index contributed by atoms with van der Waals surface area (Å²) in [5.74, 6) is 0. The Kier molecular flexibility index (Phi) is 17.3. The van der Waals surface area contributed by atoms with Crippen molar-refractivity contribution in [2.24, 2.45) is 0 Å². The number of benzene rings is 2. The van der Waals surface area contributed by atoms with Gasteiger partial charge in [0, 0.05) is 12.2 Å². The van der Waals surface area contributed by atoms with Crippen LogP contribution in [0, 0.1) is 41.5 Å². The molecule has 0 aliphatic rings. The van der Waals surface area contributed by atoms with Gasteiger partial charge in [-0.25, -0.2) is 0 Å². The normalized spacial score (nSPS) is 13.8. The van der Waals surface area contributed by atoms with Crippen LogP contribution in [0.4, 0.5) is 11.4 Å². The van der Waals surface area contributed by atoms with Gasteiger partial charge in [-0.2, -0.15) is 0 Å². The van der Waals surface area contributed by atoms with Crippen LogP contribution in [0.3, 0.4) is 0 Å². The van der Waals surface area contributed by atoms with Crippen molar-refractivity contribution in [1.82, 2.24) is 0 Å². The van der Waals surface area contributed by atoms with E-state index >= 15 is 0 Å². The van der Waals surface area contributed by atoms with E-state index in [4.69, 9.17) is 18.6 Å². The van der Waals surface area contributed by atoms with Crippen molar-refractivity contribution in [3.63, 3.8) is 0 Å². The zero-order valence-corrected chi connectivity index (χ0v) is 26.2. The zero-order chi connectivity index (χ0) is 27.3. The van der Waals surface area contributed by atoms with Gasteiger partial charge in [-0.1, -0.05) is 71.5 Å². The maximum atomic E-state index is 9.32. The first-order valence-electron chi connectivity index (χ1n) is 12.1. The number of aliphatic hydroxyl groups excluding tert-OH is 2. The van der Waals surface area contributed by atoms with Crippen LogP contribution in [0.5, 0.6) is 0 Å². The minimum absolute atomic E-state index is 0.167. The molecular formula is C28H44Cl2N2O2Ti-2. The van der Waals surface area contributed by atoms with E-state index < -0.39 is 17.0 Å². The molecule has 2 rings (SSSR count). The molecule has 4 nitrogen and oxygen atoms in total. The number of rotatable bonds is 8. The molecule has 0 saturated heterocycles. The SMILES string of the molecule is Cc1cc(C)c([N-]C(C)CC(C)O)c(C)c1.Cc1cc(C)c([N-]C(C)CC(C)O)c(C)c1.[Cl][Ti][Cl]. The van der Waals surface area contributed by atoms with E-state index in [0.717, 1.165) is 11.4 Å². The number of hydrogen-bond donors (Lipinski definition) is 2. The number of aliphatic hydroxyl groups is 2. The summed E-state index contributed by atoms with van der Waals surface area (Å²) in [5, 5.41) is 28.0. The third-order valence-corrected chi connectivity index (χ3v) is 5.33. The Labute approximate surface area is 230 Å². The van der Waals surface area contributed by atoms with Crippen LogP contribution in [0.15, 0.2) is 24.3 Å². The third-order valence-electron chi connectivity index (χ3n) is 5.33. The number of halogens is 2. The Hall–Kier alpha value is -0.746. The molecule has 35 heavy (non-hydrogen) atoms. The van der Waals surface area contributed by atoms with Gasteiger partial charge in [0.25, 0.3) is 0 Å². The monoisotopic (exact) mass is 558 g/mol. The van der Waals surface area contributed by atoms with Crippen molar-refractivity contribution >= 4 is 30.0 Å². The minimum atomic E-state index is -0.556. The molecule has 2 N–H and O–H groups in total. The molecule has 0 heterocycles. The molecule has 198 valence electrons. The van der Waals surface area contributed by atoms with Gasteiger partial charge in [-0.15, -0.1) is 23.5 Å². The molecule has 0 fully saturated rings. The Bertz CT molecular complexity index is 774. The summed E-state index contributed by atoms with van der Waals surface area (Å²) in [5.41, 5.74) is 9.58. The molecule has 0 saturated carbocycles. The van der Waals surface area contributed by atoms with Crippen LogP contribution in [0.2, 0.25) is 0 Å². The molecule has 4 unspecified atom stereocenters. The van der Waals surface area contributed by atoms with Gasteiger partial charge in [0.2, 0.25) is 0 Å². The molecule has 0 aliphatic heterocycles. The number of nitrogens with zero attached hydrogens (tertiary/aromatic N) is 2. The molecule has 0 bridgehead atoms. The van der Waals surface area contributed by atoms with Crippen molar-refractivity contribution in [3.8, 4) is 0 Å². The summed E-state index contributed by atoms with van der Waals surface area (Å²) in [6.07, 6.45) is 0.856. The van der Waals surface area contributed by atoms with Crippen LogP contribution in [-0.2, 0) is 17.0 Å². The van der Waals surface area contributed by atoms with Crippen LogP contribution < -0.4 is 0 Å². The topological polar surface area (TPSA) is 68.7 Å². The van der Waals surface area contributed by atoms with Gasteiger partial charge in [-0.3, -0.25) is 0 Å². The molecular weight excluding hydrogens is 515 g/mol. The van der Waals surface area contributed by atoms with Crippen molar-refractivity contribution in [2.75, 3.05) is 0 Å². The van der Waals surface area contributed by atoms with E-state index in [-0.39, 0.29) is 24.3 Å². The van der Waals surface area contributed by atoms with Gasteiger partial charge in [0.15, 0.2) is 0 Å². The fraction of sp³-hybridized carbons (Fsp3) is 0.571. The summed E-state index contributed by atoms with van der Waals surface area (Å²) >= 11 is -0.556. The van der Waals surface area contributed by atoms with Crippen molar-refractivity contribution in [1.29, 1.82) is 0 Å². The second kappa shape index (κ2) is 17.7. The predicted molar refractivity (Wildman–Crippen MR) is 151 cm³/mol. The predicted octanol–water partition coefficient (Wildman–Crippen LogP) is 8.93. The summed E-state index contributed by atoms with van der Waals surface area (Å²) in [6.45, 7) is 20.3. The maximum absolute atomic E-state index is 9.32. The second-order valence-electron chi connectivity index (χ2n) is 9.69. The van der Waals surface area contributed by atoms with Crippen LogP contribution in [0.1, 0.15) is 73.9 Å². The third kappa shape index (κ3) is 14.5. The molecule has 2 aromatic carbocycles. The van der Waals surface area contributed by atoms with Gasteiger partial charge in [0.05, 0.1) is 0 Å². The number of hydrogen-bond acceptors (Lipinski definition) is 2. The van der Waals surface area contributed by atoms with Crippen molar-refractivity contribution in [2.45, 2.75) is 106 Å². The van der Waals surface area contributed by atoms with Crippen LogP contribution in [0.25, 0.3) is 10.6 Å². The first-order valence-corrected chi connectivity index (χ1v) is 16.4. The molecule has 0 amide bonds. The van der Waals surface area contributed by atoms with Gasteiger partial charge in [0.1, 0.15) is 0 Å². The van der Waals surface area contributed by atoms with Crippen LogP contribution in [-0.4, -0.2) is 34.5 Å². The Morgan fingerprint density at radius 1 is 0.629 bits per heavy atom. The van der Waals surface area contributed by atoms with Gasteiger partial charge >= 0.3 is 35.6 Å². The Balaban J connectivity index is 0.000000594. The van der Waals surface area contributed by atoms with E-state index in [0.29, 0.717) is 12.8 Å². The number of aryl methyl sites for hydroxylation is 6. The van der Waals surface area contributed by atoms with Gasteiger partial charge < -0.3 is 20.8 Å². The Morgan fingerprint density at radius 3 is 1.06 bits per heavy atom. The van der Waals surface area contributed by atoms with E-state index in [1.54, 1.807) is 13.8 Å². The van der Waals surface area contributed by atoms with Crippen LogP contribution >= 0.6 is 18.6 Å². The van der Waals surface area contributed by atoms with E-state index in [9.17, 15) is 10.2 Å². The summed E-state index contributed by atoms with van der Waals surface area (Å²) in [6, 6.07) is 8.95. The van der Waals surface area contributed by atoms with E-state index in [1.807, 2.05) is 13.8 Å². The first-order chi connectivity index (χ1) is 16.2. The molecule has 2 aromatic rings. The zero-order valence-electron chi connectivity index (χ0n) is 23.1. The molecule has 0 radical (unpaired) electrons. The summed E-state index contributed by atoms with van der Waals surface area (Å²) in [4.78, 5) is 0. The molecule has 0 aliphatic carbocycles. The first kappa shape index (κ1) is 34.3. The van der Waals surface area contributed by atoms with E-state index in [1.165, 1.54) is 33.4 Å².